The van der Waals surface area contributed by atoms with Gasteiger partial charge in [-0.2, -0.15) is 4.57 Å². The zero-order valence-corrected chi connectivity index (χ0v) is 20.4. The summed E-state index contributed by atoms with van der Waals surface area (Å²) < 4.78 is 15.3. The van der Waals surface area contributed by atoms with Crippen molar-refractivity contribution in [3.63, 3.8) is 0 Å². The number of rotatable bonds is 6. The van der Waals surface area contributed by atoms with E-state index >= 15 is 0 Å². The molecule has 2 heterocycles. The van der Waals surface area contributed by atoms with Gasteiger partial charge in [-0.3, -0.25) is 0 Å². The molecule has 0 atom stereocenters. The van der Waals surface area contributed by atoms with Crippen LogP contribution in [0, 0.1) is 0 Å². The van der Waals surface area contributed by atoms with Crippen LogP contribution in [-0.2, 0) is 17.7 Å². The molecule has 1 aromatic heterocycles. The van der Waals surface area contributed by atoms with Crippen molar-refractivity contribution in [2.45, 2.75) is 39.2 Å². The number of ether oxygens (including phenoxy) is 2. The zero-order valence-electron chi connectivity index (χ0n) is 20.4. The van der Waals surface area contributed by atoms with E-state index in [0.717, 1.165) is 35.5 Å². The molecule has 0 fully saturated rings. The highest BCUT2D eigenvalue weighted by Crippen LogP contribution is 2.27. The van der Waals surface area contributed by atoms with Crippen LogP contribution in [-0.4, -0.2) is 24.3 Å². The summed E-state index contributed by atoms with van der Waals surface area (Å²) in [4.78, 5) is 11.7. The molecule has 4 aromatic rings. The smallest absolute Gasteiger partial charge is 0.337 e. The van der Waals surface area contributed by atoms with Crippen molar-refractivity contribution in [3.05, 3.63) is 90.4 Å². The number of fused-ring (bicyclic) bond motifs is 1. The second-order valence-electron chi connectivity index (χ2n) is 8.84. The predicted octanol–water partition coefficient (Wildman–Crippen LogP) is 6.01. The minimum absolute atomic E-state index is 0.318. The highest BCUT2D eigenvalue weighted by atomic mass is 16.5. The normalized spacial score (nSPS) is 13.1. The van der Waals surface area contributed by atoms with E-state index in [9.17, 15) is 4.79 Å². The fourth-order valence-electron chi connectivity index (χ4n) is 4.84. The Morgan fingerprint density at radius 2 is 1.51 bits per heavy atom. The van der Waals surface area contributed by atoms with Crippen molar-refractivity contribution in [1.29, 1.82) is 0 Å². The van der Waals surface area contributed by atoms with E-state index in [0.29, 0.717) is 12.2 Å². The van der Waals surface area contributed by atoms with Crippen LogP contribution >= 0.6 is 0 Å². The summed E-state index contributed by atoms with van der Waals surface area (Å²) in [5.74, 6) is 1.93. The highest BCUT2D eigenvalue weighted by Gasteiger charge is 2.27. The SMILES string of the molecule is CCOc1ccc(-n2cc(-c3ccc(-c4ccc(C(=O)OC)cc4)cc3)[n+]3c2CCCCC3)cc1. The van der Waals surface area contributed by atoms with E-state index in [1.807, 2.05) is 43.3 Å². The second-order valence-corrected chi connectivity index (χ2v) is 8.84. The minimum Gasteiger partial charge on any atom is -0.494 e. The first-order valence-corrected chi connectivity index (χ1v) is 12.3. The third-order valence-corrected chi connectivity index (χ3v) is 6.66. The highest BCUT2D eigenvalue weighted by molar-refractivity contribution is 5.90. The van der Waals surface area contributed by atoms with Gasteiger partial charge in [0.25, 0.3) is 5.82 Å². The molecule has 0 radical (unpaired) electrons. The first-order chi connectivity index (χ1) is 17.2. The van der Waals surface area contributed by atoms with Gasteiger partial charge < -0.3 is 9.47 Å². The van der Waals surface area contributed by atoms with Crippen LogP contribution < -0.4 is 9.30 Å². The maximum absolute atomic E-state index is 11.7. The predicted molar refractivity (Wildman–Crippen MR) is 137 cm³/mol. The van der Waals surface area contributed by atoms with Crippen molar-refractivity contribution in [2.75, 3.05) is 13.7 Å². The molecule has 0 bridgehead atoms. The lowest BCUT2D eigenvalue weighted by Crippen LogP contribution is -2.38. The Balaban J connectivity index is 1.48. The molecule has 0 N–H and O–H groups in total. The van der Waals surface area contributed by atoms with Crippen LogP contribution in [0.4, 0.5) is 0 Å². The lowest BCUT2D eigenvalue weighted by molar-refractivity contribution is -0.692. The summed E-state index contributed by atoms with van der Waals surface area (Å²) in [6.45, 7) is 3.71. The van der Waals surface area contributed by atoms with E-state index < -0.39 is 0 Å². The van der Waals surface area contributed by atoms with Crippen molar-refractivity contribution in [2.24, 2.45) is 0 Å². The molecule has 5 rings (SSSR count). The summed E-state index contributed by atoms with van der Waals surface area (Å²) in [7, 11) is 1.40. The van der Waals surface area contributed by atoms with E-state index in [2.05, 4.69) is 51.7 Å². The largest absolute Gasteiger partial charge is 0.494 e. The van der Waals surface area contributed by atoms with Gasteiger partial charge in [-0.05, 0) is 85.8 Å². The van der Waals surface area contributed by atoms with Gasteiger partial charge in [0, 0.05) is 12.0 Å². The van der Waals surface area contributed by atoms with Crippen LogP contribution in [0.3, 0.4) is 0 Å². The number of nitrogens with zero attached hydrogens (tertiary/aromatic N) is 2. The summed E-state index contributed by atoms with van der Waals surface area (Å²) in [5.41, 5.74) is 6.35. The number of methoxy groups -OCH3 is 1. The number of aromatic nitrogens is 2. The second kappa shape index (κ2) is 10.2. The number of benzene rings is 3. The summed E-state index contributed by atoms with van der Waals surface area (Å²) in [5, 5.41) is 0. The number of esters is 1. The molecule has 0 saturated heterocycles. The first-order valence-electron chi connectivity index (χ1n) is 12.3. The Hall–Kier alpha value is -3.86. The molecule has 0 aliphatic carbocycles. The fraction of sp³-hybridized carbons (Fsp3) is 0.267. The molecule has 178 valence electrons. The van der Waals surface area contributed by atoms with Gasteiger partial charge in [0.2, 0.25) is 0 Å². The lowest BCUT2D eigenvalue weighted by atomic mass is 10.0. The van der Waals surface area contributed by atoms with Crippen molar-refractivity contribution < 1.29 is 18.8 Å². The molecular formula is C30H31N2O3+. The molecular weight excluding hydrogens is 436 g/mol. The summed E-state index contributed by atoms with van der Waals surface area (Å²) >= 11 is 0. The molecule has 0 saturated carbocycles. The Kier molecular flexibility index (Phi) is 6.66. The van der Waals surface area contributed by atoms with Gasteiger partial charge in [-0.15, -0.1) is 0 Å². The summed E-state index contributed by atoms with van der Waals surface area (Å²) in [6, 6.07) is 24.6. The molecule has 3 aromatic carbocycles. The number of imidazole rings is 1. The van der Waals surface area contributed by atoms with Gasteiger partial charge in [-0.1, -0.05) is 24.3 Å². The lowest BCUT2D eigenvalue weighted by Gasteiger charge is -2.06. The molecule has 1 aliphatic rings. The average Bonchev–Trinajstić information content (AvgIpc) is 3.09. The van der Waals surface area contributed by atoms with Crippen LogP contribution in [0.25, 0.3) is 28.1 Å². The maximum Gasteiger partial charge on any atom is 0.337 e. The van der Waals surface area contributed by atoms with E-state index in [4.69, 9.17) is 9.47 Å². The molecule has 35 heavy (non-hydrogen) atoms. The monoisotopic (exact) mass is 467 g/mol. The fourth-order valence-corrected chi connectivity index (χ4v) is 4.84. The maximum atomic E-state index is 11.7. The Bertz CT molecular complexity index is 1300. The summed E-state index contributed by atoms with van der Waals surface area (Å²) in [6.07, 6.45) is 7.00. The number of carbonyl (C=O) groups excluding carboxylic acids is 1. The van der Waals surface area contributed by atoms with E-state index in [1.54, 1.807) is 0 Å². The molecule has 0 unspecified atom stereocenters. The van der Waals surface area contributed by atoms with Crippen LogP contribution in [0.2, 0.25) is 0 Å². The minimum atomic E-state index is -0.318. The zero-order chi connectivity index (χ0) is 24.2. The van der Waals surface area contributed by atoms with Crippen molar-refractivity contribution >= 4 is 5.97 Å². The van der Waals surface area contributed by atoms with Crippen LogP contribution in [0.1, 0.15) is 42.4 Å². The first kappa shape index (κ1) is 22.9. The molecule has 0 amide bonds. The molecule has 5 nitrogen and oxygen atoms in total. The third kappa shape index (κ3) is 4.72. The number of hydrogen-bond acceptors (Lipinski definition) is 3. The number of hydrogen-bond donors (Lipinski definition) is 0. The molecule has 1 aliphatic heterocycles. The van der Waals surface area contributed by atoms with Gasteiger partial charge in [0.1, 0.15) is 17.6 Å². The van der Waals surface area contributed by atoms with Gasteiger partial charge in [0.15, 0.2) is 5.69 Å². The van der Waals surface area contributed by atoms with Crippen LogP contribution in [0.15, 0.2) is 79.0 Å². The van der Waals surface area contributed by atoms with Gasteiger partial charge >= 0.3 is 5.97 Å². The van der Waals surface area contributed by atoms with Gasteiger partial charge in [-0.25, -0.2) is 9.36 Å². The quantitative estimate of drug-likeness (QED) is 0.258. The standard InChI is InChI=1S/C30H31N2O3/c1-3-35-27-18-16-26(17-19-27)32-21-28(31-20-6-4-5-7-29(31)32)24-12-8-22(9-13-24)23-10-14-25(15-11-23)30(33)34-2/h8-19,21H,3-7,20H2,1-2H3/q+1. The van der Waals surface area contributed by atoms with E-state index in [1.165, 1.54) is 43.5 Å². The average molecular weight is 468 g/mol. The topological polar surface area (TPSA) is 44.3 Å². The van der Waals surface area contributed by atoms with Crippen molar-refractivity contribution in [1.82, 2.24) is 4.57 Å². The molecule has 5 heteroatoms. The Labute approximate surface area is 206 Å². The van der Waals surface area contributed by atoms with Crippen molar-refractivity contribution in [3.8, 4) is 33.8 Å². The van der Waals surface area contributed by atoms with E-state index in [-0.39, 0.29) is 5.97 Å². The number of carbonyl (C=O) groups is 1. The Morgan fingerprint density at radius 3 is 2.17 bits per heavy atom. The van der Waals surface area contributed by atoms with Crippen LogP contribution in [0.5, 0.6) is 5.75 Å². The Morgan fingerprint density at radius 1 is 0.857 bits per heavy atom. The third-order valence-electron chi connectivity index (χ3n) is 6.66. The van der Waals surface area contributed by atoms with Gasteiger partial charge in [0.05, 0.1) is 25.8 Å². The molecule has 0 spiro atoms.